The van der Waals surface area contributed by atoms with Gasteiger partial charge in [-0.3, -0.25) is 14.4 Å². The second kappa shape index (κ2) is 11.7. The summed E-state index contributed by atoms with van der Waals surface area (Å²) in [4.78, 5) is 56.5. The number of Topliss-reactive ketones (excluding diaryl/α,β-unsaturated/α-hetero) is 2. The lowest BCUT2D eigenvalue weighted by molar-refractivity contribution is -0.134. The molecule has 0 bridgehead atoms. The van der Waals surface area contributed by atoms with Crippen molar-refractivity contribution < 1.29 is 34.1 Å². The lowest BCUT2D eigenvalue weighted by atomic mass is 9.78. The van der Waals surface area contributed by atoms with Crippen LogP contribution in [-0.2, 0) is 22.0 Å². The molecule has 4 aromatic carbocycles. The zero-order valence-electron chi connectivity index (χ0n) is 27.8. The molecule has 1 aliphatic carbocycles. The van der Waals surface area contributed by atoms with E-state index in [4.69, 9.17) is 4.74 Å². The summed E-state index contributed by atoms with van der Waals surface area (Å²) in [6.07, 6.45) is 0.487. The molecular formula is C40H37NO7. The second-order valence-corrected chi connectivity index (χ2v) is 14.5. The monoisotopic (exact) mass is 643 g/mol. The first kappa shape index (κ1) is 32.6. The van der Waals surface area contributed by atoms with Gasteiger partial charge in [0, 0.05) is 22.9 Å². The molecule has 8 nitrogen and oxygen atoms in total. The molecule has 0 amide bonds. The number of esters is 1. The van der Waals surface area contributed by atoms with E-state index in [-0.39, 0.29) is 51.1 Å². The fraction of sp³-hybridized carbons (Fsp3) is 0.275. The number of hydrogen-bond donors (Lipinski definition) is 2. The van der Waals surface area contributed by atoms with E-state index in [2.05, 4.69) is 4.98 Å². The van der Waals surface area contributed by atoms with Crippen LogP contribution < -0.4 is 4.74 Å². The second-order valence-electron chi connectivity index (χ2n) is 14.5. The third-order valence-corrected chi connectivity index (χ3v) is 8.91. The molecule has 0 aliphatic heterocycles. The molecule has 1 aromatic heterocycles. The molecule has 8 heteroatoms. The number of nitrogens with zero attached hydrogens (tertiary/aromatic N) is 1. The van der Waals surface area contributed by atoms with E-state index < -0.39 is 29.4 Å². The number of phenols is 1. The number of para-hydroxylation sites is 1. The summed E-state index contributed by atoms with van der Waals surface area (Å²) in [5, 5.41) is 22.3. The topological polar surface area (TPSA) is 131 Å². The molecule has 244 valence electrons. The number of benzene rings is 4. The highest BCUT2D eigenvalue weighted by Crippen LogP contribution is 2.41. The molecule has 48 heavy (non-hydrogen) atoms. The summed E-state index contributed by atoms with van der Waals surface area (Å²) in [5.41, 5.74) is 3.12. The lowest BCUT2D eigenvalue weighted by Gasteiger charge is -2.28. The van der Waals surface area contributed by atoms with Crippen LogP contribution in [0.4, 0.5) is 0 Å². The van der Waals surface area contributed by atoms with Crippen LogP contribution in [0, 0.1) is 0 Å². The van der Waals surface area contributed by atoms with Crippen molar-refractivity contribution in [1.29, 1.82) is 0 Å². The van der Waals surface area contributed by atoms with Crippen LogP contribution in [0.5, 0.6) is 11.5 Å². The average molecular weight is 644 g/mol. The number of aromatic nitrogens is 1. The Balaban J connectivity index is 1.26. The summed E-state index contributed by atoms with van der Waals surface area (Å²) in [5.74, 6) is -3.03. The Bertz CT molecular complexity index is 2150. The van der Waals surface area contributed by atoms with E-state index in [9.17, 15) is 29.4 Å². The van der Waals surface area contributed by atoms with Crippen molar-refractivity contribution in [2.45, 2.75) is 71.1 Å². The number of aryl methyl sites for hydroxylation is 1. The third-order valence-electron chi connectivity index (χ3n) is 8.91. The third kappa shape index (κ3) is 5.94. The Morgan fingerprint density at radius 1 is 0.771 bits per heavy atom. The largest absolute Gasteiger partial charge is 0.507 e. The minimum atomic E-state index is -1.17. The number of fused-ring (bicyclic) bond motifs is 3. The number of hydrogen-bond acceptors (Lipinski definition) is 7. The standard InChI is InChI=1S/C40H37NO7/c1-39(2,3)28-16-21(17-29(37(28)45)40(4,5)6)10-15-32(42)48-31-9-7-8-22-13-14-30(41-34(22)31)33-35(43)26-19-23-11-12-24(38(46)47)18-25(23)20-27(26)36(33)44/h7-9,11-14,16-20,33,45H,10,15H2,1-6H3,(H,46,47). The van der Waals surface area contributed by atoms with Gasteiger partial charge in [-0.15, -0.1) is 0 Å². The molecular weight excluding hydrogens is 606 g/mol. The van der Waals surface area contributed by atoms with Gasteiger partial charge < -0.3 is 14.9 Å². The van der Waals surface area contributed by atoms with Gasteiger partial charge >= 0.3 is 11.9 Å². The van der Waals surface area contributed by atoms with Crippen LogP contribution >= 0.6 is 0 Å². The molecule has 6 rings (SSSR count). The molecule has 1 heterocycles. The molecule has 1 aliphatic rings. The average Bonchev–Trinajstić information content (AvgIpc) is 3.26. The maximum atomic E-state index is 13.6. The van der Waals surface area contributed by atoms with E-state index >= 15 is 0 Å². The molecule has 0 spiro atoms. The molecule has 1 unspecified atom stereocenters. The highest BCUT2D eigenvalue weighted by atomic mass is 16.5. The van der Waals surface area contributed by atoms with Gasteiger partial charge in [-0.2, -0.15) is 0 Å². The summed E-state index contributed by atoms with van der Waals surface area (Å²) >= 11 is 0. The summed E-state index contributed by atoms with van der Waals surface area (Å²) < 4.78 is 5.82. The minimum Gasteiger partial charge on any atom is -0.507 e. The molecule has 0 saturated carbocycles. The Morgan fingerprint density at radius 2 is 1.38 bits per heavy atom. The van der Waals surface area contributed by atoms with Gasteiger partial charge in [0.2, 0.25) is 0 Å². The molecule has 0 saturated heterocycles. The van der Waals surface area contributed by atoms with Crippen molar-refractivity contribution in [3.63, 3.8) is 0 Å². The van der Waals surface area contributed by atoms with Crippen LogP contribution in [0.1, 0.15) is 107 Å². The maximum Gasteiger partial charge on any atom is 0.335 e. The highest BCUT2D eigenvalue weighted by molar-refractivity contribution is 6.30. The van der Waals surface area contributed by atoms with Gasteiger partial charge in [0.1, 0.15) is 17.2 Å². The van der Waals surface area contributed by atoms with Crippen molar-refractivity contribution in [1.82, 2.24) is 4.98 Å². The molecule has 2 N–H and O–H groups in total. The Morgan fingerprint density at radius 3 is 1.98 bits per heavy atom. The fourth-order valence-electron chi connectivity index (χ4n) is 6.32. The SMILES string of the molecule is CC(C)(C)c1cc(CCC(=O)Oc2cccc3ccc(C4C(=O)c5cc6ccc(C(=O)O)cc6cc5C4=O)nc23)cc(C(C)(C)C)c1O. The molecule has 5 aromatic rings. The molecule has 1 atom stereocenters. The Kier molecular flexibility index (Phi) is 7.94. The fourth-order valence-corrected chi connectivity index (χ4v) is 6.32. The van der Waals surface area contributed by atoms with Crippen molar-refractivity contribution in [2.75, 3.05) is 0 Å². The number of carbonyl (C=O) groups excluding carboxylic acids is 3. The van der Waals surface area contributed by atoms with Gasteiger partial charge in [-0.05, 0) is 81.1 Å². The Labute approximate surface area is 278 Å². The number of rotatable bonds is 6. The number of pyridine rings is 1. The van der Waals surface area contributed by atoms with E-state index in [0.717, 1.165) is 16.7 Å². The van der Waals surface area contributed by atoms with E-state index in [1.807, 2.05) is 59.7 Å². The first-order valence-electron chi connectivity index (χ1n) is 15.9. The van der Waals surface area contributed by atoms with E-state index in [1.54, 1.807) is 42.5 Å². The molecule has 0 radical (unpaired) electrons. The smallest absolute Gasteiger partial charge is 0.335 e. The Hall–Kier alpha value is -5.37. The zero-order chi connectivity index (χ0) is 34.7. The van der Waals surface area contributed by atoms with Crippen molar-refractivity contribution in [3.8, 4) is 11.5 Å². The number of phenolic OH excluding ortho intramolecular Hbond substituents is 1. The van der Waals surface area contributed by atoms with Gasteiger partial charge in [0.05, 0.1) is 11.3 Å². The van der Waals surface area contributed by atoms with Gasteiger partial charge in [-0.1, -0.05) is 77.9 Å². The first-order chi connectivity index (χ1) is 22.5. The van der Waals surface area contributed by atoms with Crippen molar-refractivity contribution in [3.05, 3.63) is 112 Å². The number of carboxylic acids is 1. The van der Waals surface area contributed by atoms with Crippen LogP contribution in [0.25, 0.3) is 21.7 Å². The van der Waals surface area contributed by atoms with Crippen LogP contribution in [0.2, 0.25) is 0 Å². The lowest BCUT2D eigenvalue weighted by Crippen LogP contribution is -2.18. The number of carboxylic acid groups (broad SMARTS) is 1. The summed E-state index contributed by atoms with van der Waals surface area (Å²) in [6, 6.07) is 20.2. The number of aromatic carboxylic acids is 1. The predicted octanol–water partition coefficient (Wildman–Crippen LogP) is 8.09. The van der Waals surface area contributed by atoms with Gasteiger partial charge in [-0.25, -0.2) is 9.78 Å². The quantitative estimate of drug-likeness (QED) is 0.108. The normalized spacial score (nSPS) is 14.8. The minimum absolute atomic E-state index is 0.0834. The van der Waals surface area contributed by atoms with Crippen LogP contribution in [0.3, 0.4) is 0 Å². The number of carbonyl (C=O) groups is 4. The van der Waals surface area contributed by atoms with Crippen molar-refractivity contribution >= 4 is 45.2 Å². The van der Waals surface area contributed by atoms with E-state index in [1.165, 1.54) is 12.1 Å². The summed E-state index contributed by atoms with van der Waals surface area (Å²) in [6.45, 7) is 12.2. The molecule has 0 fully saturated rings. The van der Waals surface area contributed by atoms with Crippen LogP contribution in [-0.4, -0.2) is 38.7 Å². The van der Waals surface area contributed by atoms with E-state index in [0.29, 0.717) is 28.1 Å². The zero-order valence-corrected chi connectivity index (χ0v) is 27.8. The number of aromatic hydroxyl groups is 1. The maximum absolute atomic E-state index is 13.6. The summed E-state index contributed by atoms with van der Waals surface area (Å²) in [7, 11) is 0. The first-order valence-corrected chi connectivity index (χ1v) is 15.9. The number of ketones is 2. The highest BCUT2D eigenvalue weighted by Gasteiger charge is 2.41. The van der Waals surface area contributed by atoms with Crippen LogP contribution in [0.15, 0.2) is 72.8 Å². The van der Waals surface area contributed by atoms with Crippen molar-refractivity contribution in [2.24, 2.45) is 0 Å². The number of ether oxygens (including phenoxy) is 1. The predicted molar refractivity (Wildman–Crippen MR) is 184 cm³/mol. The van der Waals surface area contributed by atoms with Gasteiger partial charge in [0.25, 0.3) is 0 Å². The van der Waals surface area contributed by atoms with Gasteiger partial charge in [0.15, 0.2) is 17.3 Å².